The van der Waals surface area contributed by atoms with Crippen LogP contribution in [-0.2, 0) is 25.7 Å². The van der Waals surface area contributed by atoms with Crippen molar-refractivity contribution in [1.82, 2.24) is 15.2 Å². The van der Waals surface area contributed by atoms with E-state index in [0.717, 1.165) is 40.1 Å². The molecule has 0 spiro atoms. The van der Waals surface area contributed by atoms with E-state index in [9.17, 15) is 23.1 Å². The van der Waals surface area contributed by atoms with Crippen LogP contribution in [0, 0.1) is 5.92 Å². The number of aliphatic hydroxyl groups is 1. The molecule has 36 heavy (non-hydrogen) atoms. The number of rotatable bonds is 5. The number of amides is 1. The molecule has 1 aliphatic carbocycles. The minimum absolute atomic E-state index is 0.0112. The summed E-state index contributed by atoms with van der Waals surface area (Å²) >= 11 is 0. The number of alkyl halides is 3. The number of carbonyl (C=O) groups is 1. The first kappa shape index (κ1) is 24.5. The number of hydrogen-bond acceptors (Lipinski definition) is 4. The third kappa shape index (κ3) is 4.63. The van der Waals surface area contributed by atoms with E-state index < -0.39 is 23.9 Å². The Kier molecular flexibility index (Phi) is 6.34. The summed E-state index contributed by atoms with van der Waals surface area (Å²) in [7, 11) is 0. The normalized spacial score (nSPS) is 21.5. The lowest BCUT2D eigenvalue weighted by Crippen LogP contribution is -2.34. The van der Waals surface area contributed by atoms with Gasteiger partial charge >= 0.3 is 6.18 Å². The molecular weight excluding hydrogens is 467 g/mol. The Hall–Kier alpha value is -3.23. The molecule has 0 unspecified atom stereocenters. The zero-order chi connectivity index (χ0) is 25.6. The van der Waals surface area contributed by atoms with Crippen molar-refractivity contribution in [3.05, 3.63) is 99.9 Å². The SMILES string of the molecule is CC(C)[C@H]1c2ncc(C(=O)N[C@H]3c4ccccc4C[C@H]3O)cc2CN1Cc1ccc(C(F)(F)F)cc1. The van der Waals surface area contributed by atoms with Crippen molar-refractivity contribution in [2.75, 3.05) is 0 Å². The molecule has 2 aromatic carbocycles. The largest absolute Gasteiger partial charge is 0.416 e. The van der Waals surface area contributed by atoms with E-state index in [1.807, 2.05) is 30.3 Å². The highest BCUT2D eigenvalue weighted by molar-refractivity contribution is 5.94. The van der Waals surface area contributed by atoms with Gasteiger partial charge in [-0.25, -0.2) is 0 Å². The van der Waals surface area contributed by atoms with Crippen molar-refractivity contribution in [2.45, 2.75) is 57.7 Å². The monoisotopic (exact) mass is 495 g/mol. The van der Waals surface area contributed by atoms with Crippen LogP contribution < -0.4 is 5.32 Å². The summed E-state index contributed by atoms with van der Waals surface area (Å²) in [4.78, 5) is 19.9. The van der Waals surface area contributed by atoms with Gasteiger partial charge in [0.1, 0.15) is 0 Å². The molecule has 8 heteroatoms. The lowest BCUT2D eigenvalue weighted by Gasteiger charge is -2.27. The number of hydrogen-bond donors (Lipinski definition) is 2. The molecule has 1 aromatic heterocycles. The molecule has 1 aliphatic heterocycles. The summed E-state index contributed by atoms with van der Waals surface area (Å²) in [5.74, 6) is -0.0775. The summed E-state index contributed by atoms with van der Waals surface area (Å²) in [5, 5.41) is 13.5. The standard InChI is InChI=1S/C28H28F3N3O2/c1-16(2)26-24-20(15-34(26)14-17-7-9-21(10-8-17)28(29,30)31)11-19(13-32-24)27(36)33-25-22-6-4-3-5-18(22)12-23(25)35/h3-11,13,16,23,25-26,35H,12,14-15H2,1-2H3,(H,33,36)/t23-,25+,26+/m1/s1. The van der Waals surface area contributed by atoms with Crippen LogP contribution in [0.25, 0.3) is 0 Å². The number of halogens is 3. The fraction of sp³-hybridized carbons (Fsp3) is 0.357. The number of nitrogens with one attached hydrogen (secondary N) is 1. The van der Waals surface area contributed by atoms with Gasteiger partial charge in [-0.15, -0.1) is 0 Å². The van der Waals surface area contributed by atoms with Crippen LogP contribution in [-0.4, -0.2) is 27.0 Å². The topological polar surface area (TPSA) is 65.5 Å². The maximum absolute atomic E-state index is 13.1. The van der Waals surface area contributed by atoms with E-state index in [1.54, 1.807) is 6.20 Å². The van der Waals surface area contributed by atoms with Crippen LogP contribution in [0.2, 0.25) is 0 Å². The van der Waals surface area contributed by atoms with Crippen LogP contribution in [0.15, 0.2) is 60.8 Å². The minimum Gasteiger partial charge on any atom is -0.390 e. The number of nitrogens with zero attached hydrogens (tertiary/aromatic N) is 2. The molecule has 1 amide bonds. The fourth-order valence-corrected chi connectivity index (χ4v) is 5.43. The van der Waals surface area contributed by atoms with Gasteiger partial charge in [0.15, 0.2) is 0 Å². The second-order valence-corrected chi connectivity index (χ2v) is 9.98. The Labute approximate surface area is 208 Å². The van der Waals surface area contributed by atoms with Gasteiger partial charge in [0.2, 0.25) is 0 Å². The predicted molar refractivity (Wildman–Crippen MR) is 129 cm³/mol. The van der Waals surface area contributed by atoms with Gasteiger partial charge in [0, 0.05) is 25.7 Å². The summed E-state index contributed by atoms with van der Waals surface area (Å²) in [6.07, 6.45) is -2.98. The second kappa shape index (κ2) is 9.33. The molecule has 2 aliphatic rings. The summed E-state index contributed by atoms with van der Waals surface area (Å²) < 4.78 is 38.8. The quantitative estimate of drug-likeness (QED) is 0.511. The molecule has 0 bridgehead atoms. The van der Waals surface area contributed by atoms with E-state index >= 15 is 0 Å². The molecule has 0 radical (unpaired) electrons. The van der Waals surface area contributed by atoms with E-state index in [-0.39, 0.29) is 17.9 Å². The van der Waals surface area contributed by atoms with Crippen molar-refractivity contribution in [3.63, 3.8) is 0 Å². The first-order valence-electron chi connectivity index (χ1n) is 12.1. The van der Waals surface area contributed by atoms with Gasteiger partial charge in [-0.05, 0) is 46.4 Å². The molecule has 0 saturated heterocycles. The van der Waals surface area contributed by atoms with Gasteiger partial charge < -0.3 is 10.4 Å². The van der Waals surface area contributed by atoms with Crippen molar-refractivity contribution >= 4 is 5.91 Å². The lowest BCUT2D eigenvalue weighted by molar-refractivity contribution is -0.137. The lowest BCUT2D eigenvalue weighted by atomic mass is 9.99. The Balaban J connectivity index is 1.34. The third-order valence-electron chi connectivity index (χ3n) is 7.10. The molecule has 5 nitrogen and oxygen atoms in total. The minimum atomic E-state index is -4.36. The van der Waals surface area contributed by atoms with Gasteiger partial charge in [0.05, 0.1) is 35.0 Å². The van der Waals surface area contributed by atoms with Gasteiger partial charge in [-0.2, -0.15) is 13.2 Å². The Morgan fingerprint density at radius 3 is 2.56 bits per heavy atom. The number of aromatic nitrogens is 1. The smallest absolute Gasteiger partial charge is 0.390 e. The molecular formula is C28H28F3N3O2. The maximum Gasteiger partial charge on any atom is 0.416 e. The zero-order valence-corrected chi connectivity index (χ0v) is 20.1. The van der Waals surface area contributed by atoms with Gasteiger partial charge in [-0.3, -0.25) is 14.7 Å². The summed E-state index contributed by atoms with van der Waals surface area (Å²) in [6.45, 7) is 5.19. The second-order valence-electron chi connectivity index (χ2n) is 9.98. The van der Waals surface area contributed by atoms with Crippen molar-refractivity contribution in [1.29, 1.82) is 0 Å². The highest BCUT2D eigenvalue weighted by Gasteiger charge is 2.36. The number of pyridine rings is 1. The molecule has 5 rings (SSSR count). The number of benzene rings is 2. The maximum atomic E-state index is 13.1. The average molecular weight is 496 g/mol. The van der Waals surface area contributed by atoms with Gasteiger partial charge in [0.25, 0.3) is 5.91 Å². The Morgan fingerprint density at radius 2 is 1.86 bits per heavy atom. The molecule has 3 atom stereocenters. The van der Waals surface area contributed by atoms with Crippen molar-refractivity contribution in [2.24, 2.45) is 5.92 Å². The number of aliphatic hydroxyl groups excluding tert-OH is 1. The third-order valence-corrected chi connectivity index (χ3v) is 7.10. The van der Waals surface area contributed by atoms with Crippen LogP contribution in [0.3, 0.4) is 0 Å². The molecule has 3 aromatic rings. The molecule has 2 N–H and O–H groups in total. The van der Waals surface area contributed by atoms with E-state index in [0.29, 0.717) is 25.1 Å². The highest BCUT2D eigenvalue weighted by atomic mass is 19.4. The Morgan fingerprint density at radius 1 is 1.14 bits per heavy atom. The van der Waals surface area contributed by atoms with Gasteiger partial charge in [-0.1, -0.05) is 50.2 Å². The van der Waals surface area contributed by atoms with E-state index in [4.69, 9.17) is 0 Å². The van der Waals surface area contributed by atoms with E-state index in [2.05, 4.69) is 29.0 Å². The molecule has 0 fully saturated rings. The summed E-state index contributed by atoms with van der Waals surface area (Å²) in [6, 6.07) is 14.3. The first-order valence-corrected chi connectivity index (χ1v) is 12.1. The van der Waals surface area contributed by atoms with Crippen LogP contribution in [0.1, 0.15) is 69.8 Å². The number of fused-ring (bicyclic) bond motifs is 2. The van der Waals surface area contributed by atoms with Crippen LogP contribution >= 0.6 is 0 Å². The first-order chi connectivity index (χ1) is 17.1. The van der Waals surface area contributed by atoms with Crippen molar-refractivity contribution < 1.29 is 23.1 Å². The molecule has 2 heterocycles. The number of carbonyl (C=O) groups excluding carboxylic acids is 1. The summed E-state index contributed by atoms with van der Waals surface area (Å²) in [5.41, 5.74) is 4.32. The fourth-order valence-electron chi connectivity index (χ4n) is 5.43. The van der Waals surface area contributed by atoms with E-state index in [1.165, 1.54) is 12.1 Å². The molecule has 0 saturated carbocycles. The van der Waals surface area contributed by atoms with Crippen LogP contribution in [0.5, 0.6) is 0 Å². The zero-order valence-electron chi connectivity index (χ0n) is 20.1. The highest BCUT2D eigenvalue weighted by Crippen LogP contribution is 2.39. The average Bonchev–Trinajstić information content (AvgIpc) is 3.35. The Bertz CT molecular complexity index is 1270. The molecule has 188 valence electrons. The van der Waals surface area contributed by atoms with Crippen molar-refractivity contribution in [3.8, 4) is 0 Å². The van der Waals surface area contributed by atoms with Crippen LogP contribution in [0.4, 0.5) is 13.2 Å². The predicted octanol–water partition coefficient (Wildman–Crippen LogP) is 5.20.